The fourth-order valence-electron chi connectivity index (χ4n) is 3.10. The molecule has 0 aliphatic heterocycles. The van der Waals surface area contributed by atoms with E-state index in [1.165, 1.54) is 12.1 Å². The van der Waals surface area contributed by atoms with Crippen LogP contribution in [0.1, 0.15) is 29.5 Å². The van der Waals surface area contributed by atoms with Crippen LogP contribution in [0, 0.1) is 0 Å². The second-order valence-corrected chi connectivity index (χ2v) is 9.95. The van der Waals surface area contributed by atoms with Crippen LogP contribution in [0.2, 0.25) is 10.0 Å². The van der Waals surface area contributed by atoms with Crippen LogP contribution >= 0.6 is 31.0 Å². The molecule has 0 heterocycles. The lowest BCUT2D eigenvalue weighted by atomic mass is 9.93. The number of phosphoric ester groups is 1. The molecule has 0 aromatic heterocycles. The molecule has 2 aromatic rings. The number of phosphoric acid groups is 1. The number of benzene rings is 2. The summed E-state index contributed by atoms with van der Waals surface area (Å²) in [5.74, 6) is -0.327. The van der Waals surface area contributed by atoms with Crippen LogP contribution in [0.25, 0.3) is 0 Å². The average Bonchev–Trinajstić information content (AvgIpc) is 2.72. The molecule has 0 aliphatic rings. The number of hydrogen-bond donors (Lipinski definition) is 4. The third kappa shape index (κ3) is 9.71. The highest BCUT2D eigenvalue weighted by Crippen LogP contribution is 2.38. The van der Waals surface area contributed by atoms with E-state index in [-0.39, 0.29) is 30.8 Å². The Bertz CT molecular complexity index is 1000. The van der Waals surface area contributed by atoms with E-state index in [2.05, 4.69) is 4.52 Å². The summed E-state index contributed by atoms with van der Waals surface area (Å²) >= 11 is 11.9. The molecule has 0 spiro atoms. The minimum Gasteiger partial charge on any atom is -0.493 e. The van der Waals surface area contributed by atoms with Gasteiger partial charge in [-0.1, -0.05) is 29.3 Å². The first-order chi connectivity index (χ1) is 15.7. The monoisotopic (exact) mass is 545 g/mol. The van der Waals surface area contributed by atoms with Crippen molar-refractivity contribution in [1.29, 1.82) is 0 Å². The summed E-state index contributed by atoms with van der Waals surface area (Å²) in [6, 6.07) is 8.59. The van der Waals surface area contributed by atoms with Crippen molar-refractivity contribution in [3.63, 3.8) is 0 Å². The van der Waals surface area contributed by atoms with Crippen molar-refractivity contribution < 1.29 is 41.9 Å². The van der Waals surface area contributed by atoms with Crippen LogP contribution < -0.4 is 10.5 Å². The van der Waals surface area contributed by atoms with Crippen molar-refractivity contribution >= 4 is 31.0 Å². The van der Waals surface area contributed by atoms with E-state index in [1.54, 1.807) is 18.2 Å². The molecule has 5 N–H and O–H groups in total. The molecular formula is C21H25Cl2F3NO6P. The molecule has 1 unspecified atom stereocenters. The minimum atomic E-state index is -4.82. The predicted octanol–water partition coefficient (Wildman–Crippen LogP) is 4.76. The Morgan fingerprint density at radius 1 is 1.00 bits per heavy atom. The Hall–Kier alpha value is -1.36. The highest BCUT2D eigenvalue weighted by molar-refractivity contribution is 7.46. The maximum atomic E-state index is 13.6. The molecule has 0 fully saturated rings. The molecule has 0 aliphatic carbocycles. The number of alkyl halides is 3. The third-order valence-electron chi connectivity index (χ3n) is 4.89. The van der Waals surface area contributed by atoms with E-state index >= 15 is 0 Å². The normalized spacial score (nSPS) is 14.1. The van der Waals surface area contributed by atoms with Crippen molar-refractivity contribution in [3.05, 3.63) is 63.1 Å². The number of aliphatic hydroxyl groups is 1. The Kier molecular flexibility index (Phi) is 10.2. The quantitative estimate of drug-likeness (QED) is 0.224. The first-order valence-electron chi connectivity index (χ1n) is 10.1. The predicted molar refractivity (Wildman–Crippen MR) is 122 cm³/mol. The van der Waals surface area contributed by atoms with Crippen molar-refractivity contribution in [3.8, 4) is 5.75 Å². The van der Waals surface area contributed by atoms with Crippen molar-refractivity contribution in [1.82, 2.24) is 0 Å². The molecule has 0 radical (unpaired) electrons. The second-order valence-electron chi connectivity index (χ2n) is 7.84. The molecule has 2 rings (SSSR count). The van der Waals surface area contributed by atoms with E-state index < -0.39 is 38.3 Å². The number of nitrogens with two attached hydrogens (primary N) is 1. The fraction of sp³-hybridized carbons (Fsp3) is 0.429. The molecule has 0 saturated heterocycles. The summed E-state index contributed by atoms with van der Waals surface area (Å²) in [5.41, 5.74) is 4.46. The number of halogens is 5. The number of ether oxygens (including phenoxy) is 1. The number of aliphatic hydroxyl groups excluding tert-OH is 1. The van der Waals surface area contributed by atoms with Gasteiger partial charge in [-0.2, -0.15) is 13.2 Å². The van der Waals surface area contributed by atoms with Crippen LogP contribution in [0.15, 0.2) is 36.4 Å². The molecule has 34 heavy (non-hydrogen) atoms. The highest BCUT2D eigenvalue weighted by atomic mass is 35.5. The molecular weight excluding hydrogens is 521 g/mol. The highest BCUT2D eigenvalue weighted by Gasteiger charge is 2.35. The van der Waals surface area contributed by atoms with Gasteiger partial charge in [0.05, 0.1) is 30.9 Å². The average molecular weight is 546 g/mol. The fourth-order valence-corrected chi connectivity index (χ4v) is 4.09. The Morgan fingerprint density at radius 2 is 1.65 bits per heavy atom. The van der Waals surface area contributed by atoms with Gasteiger partial charge in [0.1, 0.15) is 5.75 Å². The van der Waals surface area contributed by atoms with Crippen LogP contribution in [-0.4, -0.2) is 40.3 Å². The molecule has 0 bridgehead atoms. The molecule has 13 heteroatoms. The maximum Gasteiger partial charge on any atom is 0.469 e. The van der Waals surface area contributed by atoms with Gasteiger partial charge in [-0.15, -0.1) is 0 Å². The van der Waals surface area contributed by atoms with E-state index in [9.17, 15) is 22.8 Å². The van der Waals surface area contributed by atoms with Crippen LogP contribution in [-0.2, 0) is 28.1 Å². The zero-order valence-electron chi connectivity index (χ0n) is 17.9. The van der Waals surface area contributed by atoms with Gasteiger partial charge in [-0.3, -0.25) is 4.52 Å². The van der Waals surface area contributed by atoms with Gasteiger partial charge < -0.3 is 25.4 Å². The third-order valence-corrected chi connectivity index (χ3v) is 5.79. The lowest BCUT2D eigenvalue weighted by molar-refractivity contribution is -0.139. The molecule has 0 saturated carbocycles. The Morgan fingerprint density at radius 3 is 2.21 bits per heavy atom. The van der Waals surface area contributed by atoms with E-state index in [4.69, 9.17) is 43.5 Å². The SMILES string of the molecule is NC(CO)(CCc1ccc(OCCCc2cc(Cl)cc(Cl)c2)c(C(F)(F)F)c1)COP(=O)(O)O. The van der Waals surface area contributed by atoms with E-state index in [0.717, 1.165) is 11.6 Å². The van der Waals surface area contributed by atoms with Crippen LogP contribution in [0.4, 0.5) is 13.2 Å². The summed E-state index contributed by atoms with van der Waals surface area (Å²) < 4.78 is 61.4. The number of hydrogen-bond acceptors (Lipinski definition) is 5. The van der Waals surface area contributed by atoms with Crippen LogP contribution in [0.3, 0.4) is 0 Å². The van der Waals surface area contributed by atoms with Crippen molar-refractivity contribution in [2.75, 3.05) is 19.8 Å². The zero-order valence-corrected chi connectivity index (χ0v) is 20.3. The van der Waals surface area contributed by atoms with Crippen molar-refractivity contribution in [2.45, 2.75) is 37.4 Å². The first kappa shape index (κ1) is 28.9. The van der Waals surface area contributed by atoms with Crippen molar-refractivity contribution in [2.24, 2.45) is 5.73 Å². The molecule has 190 valence electrons. The van der Waals surface area contributed by atoms with Gasteiger partial charge in [0, 0.05) is 10.0 Å². The minimum absolute atomic E-state index is 0.000461. The largest absolute Gasteiger partial charge is 0.493 e. The summed E-state index contributed by atoms with van der Waals surface area (Å²) in [6.45, 7) is -1.32. The number of aryl methyl sites for hydroxylation is 2. The summed E-state index contributed by atoms with van der Waals surface area (Å²) in [6.07, 6.45) is -3.81. The Labute approximate surface area is 204 Å². The van der Waals surface area contributed by atoms with E-state index in [1.807, 2.05) is 0 Å². The summed E-state index contributed by atoms with van der Waals surface area (Å²) in [4.78, 5) is 17.6. The zero-order chi connectivity index (χ0) is 25.6. The maximum absolute atomic E-state index is 13.6. The van der Waals surface area contributed by atoms with Gasteiger partial charge in [-0.05, 0) is 67.1 Å². The van der Waals surface area contributed by atoms with Crippen LogP contribution in [0.5, 0.6) is 5.75 Å². The van der Waals surface area contributed by atoms with Gasteiger partial charge in [-0.25, -0.2) is 4.57 Å². The lowest BCUT2D eigenvalue weighted by Crippen LogP contribution is -2.48. The molecule has 1 atom stereocenters. The standard InChI is InChI=1S/C21H25Cl2F3NO6P/c22-16-8-15(9-17(23)11-16)2-1-7-32-19-4-3-14(10-18(19)21(24,25)26)5-6-20(27,12-28)13-33-34(29,30)31/h3-4,8-11,28H,1-2,5-7,12-13,27H2,(H2,29,30,31). The van der Waals surface area contributed by atoms with E-state index in [0.29, 0.717) is 22.9 Å². The lowest BCUT2D eigenvalue weighted by Gasteiger charge is -2.27. The van der Waals surface area contributed by atoms with Gasteiger partial charge in [0.25, 0.3) is 0 Å². The van der Waals surface area contributed by atoms with Gasteiger partial charge >= 0.3 is 14.0 Å². The summed E-state index contributed by atoms with van der Waals surface area (Å²) in [5, 5.41) is 10.4. The molecule has 2 aromatic carbocycles. The smallest absolute Gasteiger partial charge is 0.469 e. The van der Waals surface area contributed by atoms with Gasteiger partial charge in [0.2, 0.25) is 0 Å². The molecule has 7 nitrogen and oxygen atoms in total. The topological polar surface area (TPSA) is 122 Å². The Balaban J connectivity index is 2.03. The first-order valence-corrected chi connectivity index (χ1v) is 12.4. The number of rotatable bonds is 12. The second kappa shape index (κ2) is 12.1. The summed E-state index contributed by atoms with van der Waals surface area (Å²) in [7, 11) is -4.82. The molecule has 0 amide bonds. The van der Waals surface area contributed by atoms with Gasteiger partial charge in [0.15, 0.2) is 0 Å².